The van der Waals surface area contributed by atoms with Crippen molar-refractivity contribution in [2.24, 2.45) is 0 Å². The van der Waals surface area contributed by atoms with Gasteiger partial charge in [0.15, 0.2) is 11.5 Å². The van der Waals surface area contributed by atoms with Crippen LogP contribution in [0.4, 0.5) is 0 Å². The molecule has 0 saturated heterocycles. The van der Waals surface area contributed by atoms with Crippen molar-refractivity contribution in [2.45, 2.75) is 24.3 Å². The summed E-state index contributed by atoms with van der Waals surface area (Å²) in [7, 11) is -4.31. The number of hydrogen-bond donors (Lipinski definition) is 1. The summed E-state index contributed by atoms with van der Waals surface area (Å²) in [6, 6.07) is 10.0. The molecule has 0 bridgehead atoms. The van der Waals surface area contributed by atoms with E-state index in [0.717, 1.165) is 5.56 Å². The zero-order chi connectivity index (χ0) is 16.6. The molecule has 23 heavy (non-hydrogen) atoms. The molecule has 1 aliphatic rings. The number of rotatable bonds is 3. The molecule has 0 aromatic heterocycles. The molecular formula is C16H15ClO5S. The molecule has 2 aromatic carbocycles. The molecule has 0 aliphatic carbocycles. The molecule has 2 aromatic rings. The van der Waals surface area contributed by atoms with Crippen molar-refractivity contribution in [1.82, 2.24) is 0 Å². The van der Waals surface area contributed by atoms with Crippen LogP contribution in [0, 0.1) is 6.92 Å². The molecular weight excluding hydrogens is 340 g/mol. The summed E-state index contributed by atoms with van der Waals surface area (Å²) < 4.78 is 43.4. The Labute approximate surface area is 139 Å². The van der Waals surface area contributed by atoms with E-state index < -0.39 is 10.1 Å². The molecule has 0 spiro atoms. The van der Waals surface area contributed by atoms with Crippen molar-refractivity contribution >= 4 is 21.7 Å². The van der Waals surface area contributed by atoms with Crippen molar-refractivity contribution in [3.8, 4) is 11.5 Å². The van der Waals surface area contributed by atoms with Crippen molar-refractivity contribution in [2.75, 3.05) is 6.61 Å². The highest BCUT2D eigenvalue weighted by molar-refractivity contribution is 7.85. The molecule has 1 unspecified atom stereocenters. The zero-order valence-corrected chi connectivity index (χ0v) is 13.9. The lowest BCUT2D eigenvalue weighted by atomic mass is 10.0. The Morgan fingerprint density at radius 2 is 1.96 bits per heavy atom. The van der Waals surface area contributed by atoms with E-state index in [9.17, 15) is 13.0 Å². The first-order valence-electron chi connectivity index (χ1n) is 6.99. The Morgan fingerprint density at radius 1 is 1.26 bits per heavy atom. The van der Waals surface area contributed by atoms with Gasteiger partial charge >= 0.3 is 0 Å². The van der Waals surface area contributed by atoms with Crippen LogP contribution in [-0.2, 0) is 16.5 Å². The average molecular weight is 355 g/mol. The highest BCUT2D eigenvalue weighted by atomic mass is 35.5. The minimum atomic E-state index is -4.31. The summed E-state index contributed by atoms with van der Waals surface area (Å²) in [5.41, 5.74) is 1.44. The summed E-state index contributed by atoms with van der Waals surface area (Å²) in [6.07, 6.45) is 0.153. The minimum absolute atomic E-state index is 0.222. The van der Waals surface area contributed by atoms with Crippen LogP contribution in [0.15, 0.2) is 41.3 Å². The van der Waals surface area contributed by atoms with E-state index in [2.05, 4.69) is 0 Å². The van der Waals surface area contributed by atoms with Gasteiger partial charge in [0.2, 0.25) is 0 Å². The van der Waals surface area contributed by atoms with Crippen molar-refractivity contribution < 1.29 is 22.4 Å². The van der Waals surface area contributed by atoms with E-state index in [1.165, 1.54) is 12.1 Å². The lowest BCUT2D eigenvalue weighted by Crippen LogP contribution is -2.31. The molecule has 0 amide bonds. The average Bonchev–Trinajstić information content (AvgIpc) is 2.50. The normalized spacial score (nSPS) is 17.1. The Morgan fingerprint density at radius 3 is 2.65 bits per heavy atom. The van der Waals surface area contributed by atoms with E-state index in [0.29, 0.717) is 30.1 Å². The zero-order valence-electron chi connectivity index (χ0n) is 12.3. The van der Waals surface area contributed by atoms with Gasteiger partial charge in [0.25, 0.3) is 10.1 Å². The second-order valence-corrected chi connectivity index (χ2v) is 7.19. The Bertz CT molecular complexity index is 848. The molecule has 0 saturated carbocycles. The smallest absolute Gasteiger partial charge is 0.294 e. The van der Waals surface area contributed by atoms with Gasteiger partial charge in [0.1, 0.15) is 12.7 Å². The van der Waals surface area contributed by atoms with Gasteiger partial charge in [-0.1, -0.05) is 23.7 Å². The number of benzene rings is 2. The monoisotopic (exact) mass is 354 g/mol. The molecule has 3 rings (SSSR count). The van der Waals surface area contributed by atoms with Gasteiger partial charge in [-0.3, -0.25) is 4.55 Å². The van der Waals surface area contributed by atoms with Crippen LogP contribution in [0.5, 0.6) is 11.5 Å². The van der Waals surface area contributed by atoms with Crippen LogP contribution in [0.1, 0.15) is 11.1 Å². The highest BCUT2D eigenvalue weighted by Gasteiger charge is 2.23. The largest absolute Gasteiger partial charge is 0.486 e. The maximum Gasteiger partial charge on any atom is 0.294 e. The third-order valence-corrected chi connectivity index (χ3v) is 4.96. The van der Waals surface area contributed by atoms with E-state index >= 15 is 0 Å². The second-order valence-electron chi connectivity index (χ2n) is 5.37. The van der Waals surface area contributed by atoms with Crippen molar-refractivity contribution in [3.63, 3.8) is 0 Å². The number of fused-ring (bicyclic) bond motifs is 1. The first kappa shape index (κ1) is 16.1. The molecule has 1 heterocycles. The maximum absolute atomic E-state index is 11.3. The van der Waals surface area contributed by atoms with E-state index in [1.54, 1.807) is 6.92 Å². The molecule has 1 N–H and O–H groups in total. The first-order chi connectivity index (χ1) is 10.8. The molecule has 5 nitrogen and oxygen atoms in total. The van der Waals surface area contributed by atoms with Crippen LogP contribution in [0.25, 0.3) is 0 Å². The number of hydrogen-bond acceptors (Lipinski definition) is 4. The summed E-state index contributed by atoms with van der Waals surface area (Å²) in [5.74, 6) is 1.34. The first-order valence-corrected chi connectivity index (χ1v) is 8.81. The van der Waals surface area contributed by atoms with E-state index in [4.69, 9.17) is 21.1 Å². The molecule has 0 radical (unpaired) electrons. The molecule has 122 valence electrons. The van der Waals surface area contributed by atoms with Gasteiger partial charge in [-0.15, -0.1) is 0 Å². The standard InChI is InChI=1S/C16H15ClO5S/c1-10-11(7-13(8-14(10)17)23(18,19)20)6-12-9-21-15-4-2-3-5-16(15)22-12/h2-5,7-8,12H,6,9H2,1H3,(H,18,19,20). The Kier molecular flexibility index (Phi) is 4.23. The van der Waals surface area contributed by atoms with Gasteiger partial charge in [-0.25, -0.2) is 0 Å². The van der Waals surface area contributed by atoms with Gasteiger partial charge < -0.3 is 9.47 Å². The molecule has 0 fully saturated rings. The predicted molar refractivity (Wildman–Crippen MR) is 86.1 cm³/mol. The Balaban J connectivity index is 1.88. The second kappa shape index (κ2) is 6.03. The number of para-hydroxylation sites is 2. The van der Waals surface area contributed by atoms with Crippen LogP contribution >= 0.6 is 11.6 Å². The van der Waals surface area contributed by atoms with Crippen molar-refractivity contribution in [3.05, 3.63) is 52.5 Å². The lowest BCUT2D eigenvalue weighted by molar-refractivity contribution is 0.0911. The third kappa shape index (κ3) is 3.44. The maximum atomic E-state index is 11.3. The fraction of sp³-hybridized carbons (Fsp3) is 0.250. The number of ether oxygens (including phenoxy) is 2. The van der Waals surface area contributed by atoms with Crippen LogP contribution in [0.3, 0.4) is 0 Å². The topological polar surface area (TPSA) is 72.8 Å². The number of halogens is 1. The van der Waals surface area contributed by atoms with Crippen LogP contribution < -0.4 is 9.47 Å². The fourth-order valence-electron chi connectivity index (χ4n) is 2.48. The quantitative estimate of drug-likeness (QED) is 0.856. The van der Waals surface area contributed by atoms with E-state index in [-0.39, 0.29) is 16.0 Å². The van der Waals surface area contributed by atoms with Gasteiger partial charge in [0.05, 0.1) is 4.90 Å². The fourth-order valence-corrected chi connectivity index (χ4v) is 3.34. The third-order valence-electron chi connectivity index (χ3n) is 3.74. The highest BCUT2D eigenvalue weighted by Crippen LogP contribution is 2.33. The summed E-state index contributed by atoms with van der Waals surface area (Å²) in [5, 5.41) is 0.284. The van der Waals surface area contributed by atoms with Crippen LogP contribution in [-0.4, -0.2) is 25.7 Å². The van der Waals surface area contributed by atoms with Crippen molar-refractivity contribution in [1.29, 1.82) is 0 Å². The SMILES string of the molecule is Cc1c(Cl)cc(S(=O)(=O)O)cc1CC1COc2ccccc2O1. The van der Waals surface area contributed by atoms with Gasteiger partial charge in [-0.05, 0) is 42.3 Å². The molecule has 1 atom stereocenters. The van der Waals surface area contributed by atoms with Gasteiger partial charge in [0, 0.05) is 11.4 Å². The summed E-state index contributed by atoms with van der Waals surface area (Å²) in [4.78, 5) is -0.222. The van der Waals surface area contributed by atoms with E-state index in [1.807, 2.05) is 24.3 Å². The van der Waals surface area contributed by atoms with Crippen LogP contribution in [0.2, 0.25) is 5.02 Å². The lowest BCUT2D eigenvalue weighted by Gasteiger charge is -2.27. The predicted octanol–water partition coefficient (Wildman–Crippen LogP) is 3.28. The summed E-state index contributed by atoms with van der Waals surface area (Å²) in [6.45, 7) is 2.15. The summed E-state index contributed by atoms with van der Waals surface area (Å²) >= 11 is 6.08. The van der Waals surface area contributed by atoms with Gasteiger partial charge in [-0.2, -0.15) is 8.42 Å². The Hall–Kier alpha value is -1.76. The minimum Gasteiger partial charge on any atom is -0.486 e. The molecule has 7 heteroatoms. The molecule has 1 aliphatic heterocycles.